The van der Waals surface area contributed by atoms with E-state index in [0.29, 0.717) is 53.6 Å². The predicted molar refractivity (Wildman–Crippen MR) is 109 cm³/mol. The Morgan fingerprint density at radius 1 is 1.23 bits per heavy atom. The second-order valence-electron chi connectivity index (χ2n) is 7.47. The summed E-state index contributed by atoms with van der Waals surface area (Å²) >= 11 is 1.17. The molecule has 2 aliphatic heterocycles. The summed E-state index contributed by atoms with van der Waals surface area (Å²) in [6.07, 6.45) is -1.02. The van der Waals surface area contributed by atoms with E-state index in [0.717, 1.165) is 18.9 Å². The zero-order chi connectivity index (χ0) is 21.6. The Balaban J connectivity index is 1.45. The number of aromatic nitrogens is 3. The summed E-state index contributed by atoms with van der Waals surface area (Å²) in [5.74, 6) is 0.224. The van der Waals surface area contributed by atoms with Crippen molar-refractivity contribution in [2.75, 3.05) is 24.7 Å². The van der Waals surface area contributed by atoms with Crippen molar-refractivity contribution in [3.8, 4) is 0 Å². The number of ether oxygens (including phenoxy) is 1. The number of carbonyl (C=O) groups excluding carboxylic acids is 1. The molecular weight excluding hydrogens is 431 g/mol. The van der Waals surface area contributed by atoms with Crippen LogP contribution >= 0.6 is 11.3 Å². The molecule has 0 saturated carbocycles. The van der Waals surface area contributed by atoms with Crippen molar-refractivity contribution >= 4 is 39.1 Å². The topological polar surface area (TPSA) is 80.2 Å². The highest BCUT2D eigenvalue weighted by Crippen LogP contribution is 2.40. The van der Waals surface area contributed by atoms with Crippen LogP contribution in [0.1, 0.15) is 33.8 Å². The van der Waals surface area contributed by atoms with Gasteiger partial charge in [0, 0.05) is 31.5 Å². The van der Waals surface area contributed by atoms with Gasteiger partial charge in [-0.1, -0.05) is 11.3 Å². The van der Waals surface area contributed by atoms with Crippen LogP contribution in [-0.2, 0) is 17.3 Å². The number of alkyl halides is 3. The molecule has 0 unspecified atom stereocenters. The number of hydrogen-bond acceptors (Lipinski definition) is 7. The molecule has 2 aromatic heterocycles. The molecule has 0 atom stereocenters. The van der Waals surface area contributed by atoms with Crippen LogP contribution in [0.2, 0.25) is 0 Å². The van der Waals surface area contributed by atoms with Crippen molar-refractivity contribution in [3.05, 3.63) is 40.7 Å². The summed E-state index contributed by atoms with van der Waals surface area (Å²) in [6, 6.07) is 3.77. The summed E-state index contributed by atoms with van der Waals surface area (Å²) in [5, 5.41) is 3.27. The van der Waals surface area contributed by atoms with Crippen LogP contribution in [0.3, 0.4) is 0 Å². The monoisotopic (exact) mass is 449 g/mol. The fourth-order valence-corrected chi connectivity index (χ4v) is 4.73. The van der Waals surface area contributed by atoms with Gasteiger partial charge in [0.2, 0.25) is 0 Å². The zero-order valence-electron chi connectivity index (χ0n) is 16.3. The Kier molecular flexibility index (Phi) is 5.01. The van der Waals surface area contributed by atoms with E-state index in [2.05, 4.69) is 20.3 Å². The van der Waals surface area contributed by atoms with Gasteiger partial charge in [0.05, 0.1) is 5.56 Å². The van der Waals surface area contributed by atoms with Crippen molar-refractivity contribution in [1.82, 2.24) is 20.3 Å². The summed E-state index contributed by atoms with van der Waals surface area (Å²) in [6.45, 7) is 1.71. The van der Waals surface area contributed by atoms with Gasteiger partial charge in [0.15, 0.2) is 10.8 Å². The van der Waals surface area contributed by atoms with Crippen molar-refractivity contribution in [1.29, 1.82) is 0 Å². The molecule has 7 nitrogen and oxygen atoms in total. The first-order valence-electron chi connectivity index (χ1n) is 9.88. The van der Waals surface area contributed by atoms with Crippen LogP contribution < -0.4 is 10.2 Å². The standard InChI is InChI=1S/C20H18F3N5O2S/c21-20(22,23)12-1-2-14-11(9-12)3-6-28(14)16-15-18(25-10-24-16)31-19(27-15)17(29)26-13-4-7-30-8-5-13/h1-2,9-10,13H,3-8H2,(H,26,29). The Hall–Kier alpha value is -2.79. The molecule has 1 amide bonds. The molecule has 0 radical (unpaired) electrons. The Labute approximate surface area is 179 Å². The van der Waals surface area contributed by atoms with Crippen LogP contribution in [0.15, 0.2) is 24.5 Å². The first-order valence-corrected chi connectivity index (χ1v) is 10.7. The molecule has 4 heterocycles. The predicted octanol–water partition coefficient (Wildman–Crippen LogP) is 3.71. The van der Waals surface area contributed by atoms with Crippen LogP contribution in [0.5, 0.6) is 0 Å². The highest BCUT2D eigenvalue weighted by Gasteiger charge is 2.33. The fourth-order valence-electron chi connectivity index (χ4n) is 3.92. The molecule has 11 heteroatoms. The summed E-state index contributed by atoms with van der Waals surface area (Å²) in [4.78, 5) is 28.1. The van der Waals surface area contributed by atoms with Gasteiger partial charge in [-0.3, -0.25) is 4.79 Å². The molecule has 162 valence electrons. The van der Waals surface area contributed by atoms with Gasteiger partial charge in [-0.25, -0.2) is 15.0 Å². The molecule has 0 aliphatic carbocycles. The summed E-state index contributed by atoms with van der Waals surface area (Å²) < 4.78 is 44.4. The highest BCUT2D eigenvalue weighted by atomic mass is 32.1. The molecule has 3 aromatic rings. The number of fused-ring (bicyclic) bond motifs is 2. The molecule has 1 aromatic carbocycles. The van der Waals surface area contributed by atoms with Crippen LogP contribution in [0, 0.1) is 0 Å². The molecule has 1 saturated heterocycles. The second kappa shape index (κ2) is 7.72. The maximum atomic E-state index is 13.0. The third kappa shape index (κ3) is 3.83. The minimum absolute atomic E-state index is 0.0482. The lowest BCUT2D eigenvalue weighted by molar-refractivity contribution is -0.137. The lowest BCUT2D eigenvalue weighted by Gasteiger charge is -2.22. The van der Waals surface area contributed by atoms with E-state index in [9.17, 15) is 18.0 Å². The fraction of sp³-hybridized carbons (Fsp3) is 0.400. The first kappa shape index (κ1) is 20.1. The van der Waals surface area contributed by atoms with Crippen molar-refractivity contribution in [2.24, 2.45) is 0 Å². The molecule has 31 heavy (non-hydrogen) atoms. The zero-order valence-corrected chi connectivity index (χ0v) is 17.1. The van der Waals surface area contributed by atoms with E-state index in [4.69, 9.17) is 4.74 Å². The Morgan fingerprint density at radius 2 is 2.03 bits per heavy atom. The summed E-state index contributed by atoms with van der Waals surface area (Å²) in [5.41, 5.74) is 1.07. The maximum Gasteiger partial charge on any atom is 0.416 e. The number of amides is 1. The number of nitrogens with zero attached hydrogens (tertiary/aromatic N) is 4. The van der Waals surface area contributed by atoms with E-state index >= 15 is 0 Å². The number of rotatable bonds is 3. The normalized spacial score (nSPS) is 17.2. The number of thiazole rings is 1. The second-order valence-corrected chi connectivity index (χ2v) is 8.45. The third-order valence-electron chi connectivity index (χ3n) is 5.48. The third-order valence-corrected chi connectivity index (χ3v) is 6.45. The van der Waals surface area contributed by atoms with Gasteiger partial charge in [0.1, 0.15) is 16.7 Å². The van der Waals surface area contributed by atoms with E-state index in [-0.39, 0.29) is 17.0 Å². The van der Waals surface area contributed by atoms with E-state index in [1.54, 1.807) is 0 Å². The maximum absolute atomic E-state index is 13.0. The number of carbonyl (C=O) groups is 1. The average Bonchev–Trinajstić information content (AvgIpc) is 3.37. The molecule has 0 bridgehead atoms. The number of nitrogens with one attached hydrogen (secondary N) is 1. The lowest BCUT2D eigenvalue weighted by atomic mass is 10.1. The molecule has 5 rings (SSSR count). The van der Waals surface area contributed by atoms with Crippen molar-refractivity contribution in [2.45, 2.75) is 31.5 Å². The van der Waals surface area contributed by atoms with Crippen LogP contribution in [0.25, 0.3) is 10.3 Å². The minimum Gasteiger partial charge on any atom is -0.381 e. The van der Waals surface area contributed by atoms with Gasteiger partial charge in [-0.15, -0.1) is 0 Å². The summed E-state index contributed by atoms with van der Waals surface area (Å²) in [7, 11) is 0. The van der Waals surface area contributed by atoms with Gasteiger partial charge >= 0.3 is 6.18 Å². The number of hydrogen-bond donors (Lipinski definition) is 1. The van der Waals surface area contributed by atoms with Gasteiger partial charge < -0.3 is 15.0 Å². The van der Waals surface area contributed by atoms with Crippen molar-refractivity contribution in [3.63, 3.8) is 0 Å². The molecular formula is C20H18F3N5O2S. The first-order chi connectivity index (χ1) is 14.9. The highest BCUT2D eigenvalue weighted by molar-refractivity contribution is 7.20. The van der Waals surface area contributed by atoms with E-state index in [1.807, 2.05) is 4.90 Å². The molecule has 2 aliphatic rings. The molecule has 0 spiro atoms. The minimum atomic E-state index is -4.38. The molecule has 1 N–H and O–H groups in total. The van der Waals surface area contributed by atoms with Gasteiger partial charge in [0.25, 0.3) is 5.91 Å². The average molecular weight is 449 g/mol. The largest absolute Gasteiger partial charge is 0.416 e. The van der Waals surface area contributed by atoms with Crippen LogP contribution in [0.4, 0.5) is 24.7 Å². The van der Waals surface area contributed by atoms with Gasteiger partial charge in [-0.2, -0.15) is 13.2 Å². The van der Waals surface area contributed by atoms with Crippen LogP contribution in [-0.4, -0.2) is 46.7 Å². The molecule has 1 fully saturated rings. The Bertz CT molecular complexity index is 1140. The smallest absolute Gasteiger partial charge is 0.381 e. The van der Waals surface area contributed by atoms with Gasteiger partial charge in [-0.05, 0) is 43.0 Å². The number of benzene rings is 1. The number of anilines is 2. The Morgan fingerprint density at radius 3 is 2.81 bits per heavy atom. The SMILES string of the molecule is O=C(NC1CCOCC1)c1nc2c(N3CCc4cc(C(F)(F)F)ccc43)ncnc2s1. The lowest BCUT2D eigenvalue weighted by Crippen LogP contribution is -2.38. The van der Waals surface area contributed by atoms with E-state index in [1.165, 1.54) is 29.8 Å². The van der Waals surface area contributed by atoms with E-state index < -0.39 is 11.7 Å². The number of halogens is 3. The quantitative estimate of drug-likeness (QED) is 0.657. The van der Waals surface area contributed by atoms with Crippen molar-refractivity contribution < 1.29 is 22.7 Å².